The van der Waals surface area contributed by atoms with E-state index in [1.54, 1.807) is 11.6 Å². The summed E-state index contributed by atoms with van der Waals surface area (Å²) in [6.45, 7) is 0. The Labute approximate surface area is 103 Å². The topological polar surface area (TPSA) is 25.2 Å². The van der Waals surface area contributed by atoms with E-state index >= 15 is 0 Å². The van der Waals surface area contributed by atoms with Crippen LogP contribution in [0.4, 0.5) is 0 Å². The standard InChI is InChI=1S/C12H11NOS2/c1-13-11(14)10(16-12(13)15)8-7-9-5-3-2-4-6-9/h2-8,14H,1H3/b8-7-. The third-order valence-corrected chi connectivity index (χ3v) is 3.75. The molecule has 2 rings (SSSR count). The number of hydrogen-bond acceptors (Lipinski definition) is 3. The van der Waals surface area contributed by atoms with E-state index in [1.165, 1.54) is 11.3 Å². The minimum absolute atomic E-state index is 0.224. The zero-order valence-electron chi connectivity index (χ0n) is 8.75. The monoisotopic (exact) mass is 249 g/mol. The zero-order valence-corrected chi connectivity index (χ0v) is 10.4. The van der Waals surface area contributed by atoms with Crippen molar-refractivity contribution in [3.05, 3.63) is 44.7 Å². The average molecular weight is 249 g/mol. The first kappa shape index (κ1) is 11.1. The molecule has 2 aromatic rings. The molecule has 0 bridgehead atoms. The number of aromatic nitrogens is 1. The quantitative estimate of drug-likeness (QED) is 0.821. The maximum Gasteiger partial charge on any atom is 0.210 e. The zero-order chi connectivity index (χ0) is 11.5. The van der Waals surface area contributed by atoms with Crippen LogP contribution in [0, 0.1) is 3.95 Å². The molecule has 1 aromatic heterocycles. The lowest BCUT2D eigenvalue weighted by molar-refractivity contribution is 0.430. The molecule has 0 atom stereocenters. The molecule has 0 aliphatic carbocycles. The largest absolute Gasteiger partial charge is 0.493 e. The van der Waals surface area contributed by atoms with E-state index in [0.29, 0.717) is 3.95 Å². The minimum Gasteiger partial charge on any atom is -0.493 e. The molecule has 0 amide bonds. The maximum atomic E-state index is 9.75. The van der Waals surface area contributed by atoms with Gasteiger partial charge in [-0.05, 0) is 23.9 Å². The van der Waals surface area contributed by atoms with Crippen LogP contribution in [0.15, 0.2) is 30.3 Å². The highest BCUT2D eigenvalue weighted by Gasteiger charge is 2.04. The van der Waals surface area contributed by atoms with Crippen molar-refractivity contribution in [1.82, 2.24) is 4.57 Å². The molecular weight excluding hydrogens is 238 g/mol. The SMILES string of the molecule is Cn1c(O)c(/C=C\c2ccccc2)sc1=S. The Morgan fingerprint density at radius 1 is 1.25 bits per heavy atom. The molecule has 1 heterocycles. The fourth-order valence-electron chi connectivity index (χ4n) is 1.30. The first-order valence-corrected chi connectivity index (χ1v) is 6.03. The molecule has 16 heavy (non-hydrogen) atoms. The van der Waals surface area contributed by atoms with Gasteiger partial charge in [0.15, 0.2) is 3.95 Å². The number of nitrogens with zero attached hydrogens (tertiary/aromatic N) is 1. The fourth-order valence-corrected chi connectivity index (χ4v) is 2.44. The van der Waals surface area contributed by atoms with Crippen molar-refractivity contribution in [2.75, 3.05) is 0 Å². The summed E-state index contributed by atoms with van der Waals surface area (Å²) >= 11 is 6.48. The Kier molecular flexibility index (Phi) is 3.22. The summed E-state index contributed by atoms with van der Waals surface area (Å²) in [5, 5.41) is 9.75. The third kappa shape index (κ3) is 2.23. The van der Waals surface area contributed by atoms with Crippen molar-refractivity contribution in [2.45, 2.75) is 0 Å². The number of benzene rings is 1. The Morgan fingerprint density at radius 3 is 2.50 bits per heavy atom. The second-order valence-electron chi connectivity index (χ2n) is 3.36. The Bertz CT molecular complexity index is 566. The van der Waals surface area contributed by atoms with E-state index in [9.17, 15) is 5.11 Å². The number of aromatic hydroxyl groups is 1. The summed E-state index contributed by atoms with van der Waals surface area (Å²) in [5.74, 6) is 0.224. The molecule has 2 nitrogen and oxygen atoms in total. The predicted molar refractivity (Wildman–Crippen MR) is 71.2 cm³/mol. The van der Waals surface area contributed by atoms with Crippen molar-refractivity contribution in [3.8, 4) is 5.88 Å². The van der Waals surface area contributed by atoms with Gasteiger partial charge in [0.2, 0.25) is 5.88 Å². The second-order valence-corrected chi connectivity index (χ2v) is 5.03. The van der Waals surface area contributed by atoms with E-state index in [-0.39, 0.29) is 5.88 Å². The van der Waals surface area contributed by atoms with Gasteiger partial charge in [0.1, 0.15) is 0 Å². The highest BCUT2D eigenvalue weighted by molar-refractivity contribution is 7.73. The van der Waals surface area contributed by atoms with Crippen LogP contribution < -0.4 is 0 Å². The summed E-state index contributed by atoms with van der Waals surface area (Å²) < 4.78 is 2.27. The molecule has 0 fully saturated rings. The lowest BCUT2D eigenvalue weighted by Gasteiger charge is -1.93. The molecule has 1 N–H and O–H groups in total. The van der Waals surface area contributed by atoms with Crippen LogP contribution in [0.25, 0.3) is 12.2 Å². The fraction of sp³-hybridized carbons (Fsp3) is 0.0833. The summed E-state index contributed by atoms with van der Waals surface area (Å²) in [4.78, 5) is 0.788. The number of rotatable bonds is 2. The van der Waals surface area contributed by atoms with Crippen molar-refractivity contribution in [2.24, 2.45) is 7.05 Å². The molecule has 0 radical (unpaired) electrons. The first-order chi connectivity index (χ1) is 7.68. The average Bonchev–Trinajstić information content (AvgIpc) is 2.56. The Balaban J connectivity index is 2.31. The van der Waals surface area contributed by atoms with Crippen molar-refractivity contribution < 1.29 is 5.11 Å². The molecule has 0 saturated heterocycles. The summed E-state index contributed by atoms with van der Waals surface area (Å²) in [6, 6.07) is 9.95. The number of thiazole rings is 1. The lowest BCUT2D eigenvalue weighted by atomic mass is 10.2. The second kappa shape index (κ2) is 4.63. The van der Waals surface area contributed by atoms with E-state index in [4.69, 9.17) is 12.2 Å². The van der Waals surface area contributed by atoms with Crippen LogP contribution in [0.2, 0.25) is 0 Å². The predicted octanol–water partition coefficient (Wildman–Crippen LogP) is 3.69. The van der Waals surface area contributed by atoms with Crippen molar-refractivity contribution in [1.29, 1.82) is 0 Å². The normalized spacial score (nSPS) is 11.1. The molecule has 0 aliphatic heterocycles. The van der Waals surface area contributed by atoms with Gasteiger partial charge >= 0.3 is 0 Å². The highest BCUT2D eigenvalue weighted by Crippen LogP contribution is 2.26. The van der Waals surface area contributed by atoms with Gasteiger partial charge in [-0.25, -0.2) is 0 Å². The van der Waals surface area contributed by atoms with Gasteiger partial charge in [0, 0.05) is 7.05 Å². The molecule has 4 heteroatoms. The maximum absolute atomic E-state index is 9.75. The van der Waals surface area contributed by atoms with Gasteiger partial charge in [0.25, 0.3) is 0 Å². The van der Waals surface area contributed by atoms with Crippen LogP contribution in [-0.4, -0.2) is 9.67 Å². The molecule has 82 valence electrons. The highest BCUT2D eigenvalue weighted by atomic mass is 32.1. The van der Waals surface area contributed by atoms with Crippen LogP contribution in [0.1, 0.15) is 10.4 Å². The smallest absolute Gasteiger partial charge is 0.210 e. The first-order valence-electron chi connectivity index (χ1n) is 4.80. The summed E-state index contributed by atoms with van der Waals surface area (Å²) in [6.07, 6.45) is 3.84. The van der Waals surface area contributed by atoms with Crippen LogP contribution in [-0.2, 0) is 7.05 Å². The third-order valence-electron chi connectivity index (χ3n) is 2.24. The number of hydrogen-bond donors (Lipinski definition) is 1. The van der Waals surface area contributed by atoms with E-state index in [2.05, 4.69) is 0 Å². The van der Waals surface area contributed by atoms with Gasteiger partial charge in [-0.2, -0.15) is 0 Å². The van der Waals surface area contributed by atoms with Crippen molar-refractivity contribution >= 4 is 35.7 Å². The van der Waals surface area contributed by atoms with Gasteiger partial charge in [-0.1, -0.05) is 36.4 Å². The van der Waals surface area contributed by atoms with Crippen molar-refractivity contribution in [3.63, 3.8) is 0 Å². The van der Waals surface area contributed by atoms with Gasteiger partial charge in [-0.15, -0.1) is 11.3 Å². The summed E-state index contributed by atoms with van der Waals surface area (Å²) in [7, 11) is 1.76. The molecule has 1 aromatic carbocycles. The lowest BCUT2D eigenvalue weighted by Crippen LogP contribution is -1.84. The van der Waals surface area contributed by atoms with Crippen LogP contribution >= 0.6 is 23.6 Å². The van der Waals surface area contributed by atoms with Gasteiger partial charge < -0.3 is 5.11 Å². The Hall–Kier alpha value is -1.39. The molecular formula is C12H11NOS2. The summed E-state index contributed by atoms with van der Waals surface area (Å²) in [5.41, 5.74) is 1.10. The van der Waals surface area contributed by atoms with E-state index < -0.39 is 0 Å². The van der Waals surface area contributed by atoms with Crippen LogP contribution in [0.5, 0.6) is 5.88 Å². The molecule has 0 spiro atoms. The Morgan fingerprint density at radius 2 is 1.94 bits per heavy atom. The molecule has 0 unspecified atom stereocenters. The van der Waals surface area contributed by atoms with Gasteiger partial charge in [-0.3, -0.25) is 4.57 Å². The van der Waals surface area contributed by atoms with Crippen LogP contribution in [0.3, 0.4) is 0 Å². The molecule has 0 saturated carbocycles. The minimum atomic E-state index is 0.224. The van der Waals surface area contributed by atoms with E-state index in [1.807, 2.05) is 42.5 Å². The van der Waals surface area contributed by atoms with E-state index in [0.717, 1.165) is 10.4 Å². The molecule has 0 aliphatic rings. The van der Waals surface area contributed by atoms with Gasteiger partial charge in [0.05, 0.1) is 4.88 Å².